The molecule has 1 aromatic heterocycles. The molecular formula is C24H29N5O5S. The lowest BCUT2D eigenvalue weighted by Gasteiger charge is -2.32. The number of carbonyl (C=O) groups is 1. The van der Waals surface area contributed by atoms with Crippen molar-refractivity contribution in [3.05, 3.63) is 53.9 Å². The number of imidazole rings is 1. The summed E-state index contributed by atoms with van der Waals surface area (Å²) >= 11 is 0. The zero-order valence-electron chi connectivity index (χ0n) is 19.6. The maximum atomic E-state index is 13.7. The van der Waals surface area contributed by atoms with E-state index in [0.29, 0.717) is 69.7 Å². The monoisotopic (exact) mass is 499 g/mol. The van der Waals surface area contributed by atoms with Gasteiger partial charge in [-0.3, -0.25) is 4.79 Å². The second kappa shape index (κ2) is 9.94. The minimum Gasteiger partial charge on any atom is -0.379 e. The fourth-order valence-corrected chi connectivity index (χ4v) is 5.88. The Morgan fingerprint density at radius 3 is 2.43 bits per heavy atom. The third kappa shape index (κ3) is 4.90. The van der Waals surface area contributed by atoms with Gasteiger partial charge in [0.2, 0.25) is 10.0 Å². The number of nitrogens with one attached hydrogen (secondary N) is 1. The van der Waals surface area contributed by atoms with Crippen molar-refractivity contribution in [3.63, 3.8) is 0 Å². The molecule has 2 fully saturated rings. The van der Waals surface area contributed by atoms with Crippen LogP contribution >= 0.6 is 0 Å². The Morgan fingerprint density at radius 2 is 1.71 bits per heavy atom. The summed E-state index contributed by atoms with van der Waals surface area (Å²) in [6, 6.07) is 12.5. The van der Waals surface area contributed by atoms with E-state index in [4.69, 9.17) is 9.47 Å². The van der Waals surface area contributed by atoms with Gasteiger partial charge in [-0.25, -0.2) is 13.4 Å². The molecule has 0 radical (unpaired) electrons. The number of aromatic amines is 1. The zero-order chi connectivity index (χ0) is 24.4. The molecule has 10 nitrogen and oxygen atoms in total. The number of anilines is 1. The lowest BCUT2D eigenvalue weighted by Crippen LogP contribution is -2.41. The highest BCUT2D eigenvalue weighted by Gasteiger charge is 2.29. The zero-order valence-corrected chi connectivity index (χ0v) is 20.5. The molecule has 0 spiro atoms. The highest BCUT2D eigenvalue weighted by molar-refractivity contribution is 7.89. The summed E-state index contributed by atoms with van der Waals surface area (Å²) in [5.74, 6) is 0.387. The first-order chi connectivity index (χ1) is 16.9. The minimum absolute atomic E-state index is 0.108. The number of amides is 1. The van der Waals surface area contributed by atoms with Crippen molar-refractivity contribution in [3.8, 4) is 0 Å². The van der Waals surface area contributed by atoms with Gasteiger partial charge in [-0.1, -0.05) is 12.1 Å². The Balaban J connectivity index is 1.47. The van der Waals surface area contributed by atoms with Crippen LogP contribution in [0.15, 0.2) is 47.4 Å². The molecular weight excluding hydrogens is 470 g/mol. The number of hydrogen-bond donors (Lipinski definition) is 1. The Labute approximate surface area is 204 Å². The van der Waals surface area contributed by atoms with Crippen LogP contribution in [0.3, 0.4) is 0 Å². The van der Waals surface area contributed by atoms with E-state index < -0.39 is 10.0 Å². The number of fused-ring (bicyclic) bond motifs is 1. The molecule has 2 aromatic carbocycles. The molecule has 0 unspecified atom stereocenters. The third-order valence-corrected chi connectivity index (χ3v) is 8.22. The molecule has 3 aromatic rings. The molecule has 2 saturated heterocycles. The van der Waals surface area contributed by atoms with Crippen LogP contribution in [0.5, 0.6) is 0 Å². The standard InChI is InChI=1S/C24H29N5O5S/c1-27(17-23-25-20-4-2-3-5-21(20)26-23)24(30)19-16-18(35(31,32)29-10-14-34-15-11-29)6-7-22(19)28-8-12-33-13-9-28/h2-7,16H,8-15,17H2,1H3,(H,25,26). The number of nitrogens with zero attached hydrogens (tertiary/aromatic N) is 4. The van der Waals surface area contributed by atoms with Crippen LogP contribution in [-0.4, -0.2) is 93.2 Å². The van der Waals surface area contributed by atoms with Crippen molar-refractivity contribution < 1.29 is 22.7 Å². The number of hydrogen-bond acceptors (Lipinski definition) is 7. The van der Waals surface area contributed by atoms with Crippen molar-refractivity contribution in [2.45, 2.75) is 11.4 Å². The van der Waals surface area contributed by atoms with Gasteiger partial charge in [0, 0.05) is 38.9 Å². The number of ether oxygens (including phenoxy) is 2. The fourth-order valence-electron chi connectivity index (χ4n) is 4.45. The largest absolute Gasteiger partial charge is 0.379 e. The predicted molar refractivity (Wildman–Crippen MR) is 131 cm³/mol. The molecule has 5 rings (SSSR count). The maximum absolute atomic E-state index is 13.7. The number of aromatic nitrogens is 2. The van der Waals surface area contributed by atoms with E-state index in [1.54, 1.807) is 24.1 Å². The predicted octanol–water partition coefficient (Wildman–Crippen LogP) is 1.69. The summed E-state index contributed by atoms with van der Waals surface area (Å²) in [6.07, 6.45) is 0. The van der Waals surface area contributed by atoms with Crippen molar-refractivity contribution in [2.75, 3.05) is 64.6 Å². The summed E-state index contributed by atoms with van der Waals surface area (Å²) < 4.78 is 38.8. The van der Waals surface area contributed by atoms with Gasteiger partial charge in [-0.15, -0.1) is 0 Å². The smallest absolute Gasteiger partial charge is 0.256 e. The first kappa shape index (κ1) is 23.7. The number of benzene rings is 2. The summed E-state index contributed by atoms with van der Waals surface area (Å²) in [5, 5.41) is 0. The van der Waals surface area contributed by atoms with Crippen molar-refractivity contribution in [1.29, 1.82) is 0 Å². The van der Waals surface area contributed by atoms with E-state index in [0.717, 1.165) is 11.0 Å². The molecule has 1 N–H and O–H groups in total. The molecule has 0 aliphatic carbocycles. The van der Waals surface area contributed by atoms with Crippen LogP contribution in [-0.2, 0) is 26.0 Å². The Bertz CT molecular complexity index is 1280. The van der Waals surface area contributed by atoms with Gasteiger partial charge in [0.15, 0.2) is 0 Å². The summed E-state index contributed by atoms with van der Waals surface area (Å²) in [5.41, 5.74) is 2.78. The van der Waals surface area contributed by atoms with Gasteiger partial charge < -0.3 is 24.3 Å². The Morgan fingerprint density at radius 1 is 1.03 bits per heavy atom. The molecule has 1 amide bonds. The van der Waals surface area contributed by atoms with Crippen LogP contribution in [0, 0.1) is 0 Å². The lowest BCUT2D eigenvalue weighted by atomic mass is 10.1. The average molecular weight is 500 g/mol. The molecule has 2 aliphatic heterocycles. The first-order valence-electron chi connectivity index (χ1n) is 11.7. The Kier molecular flexibility index (Phi) is 6.74. The fraction of sp³-hybridized carbons (Fsp3) is 0.417. The van der Waals surface area contributed by atoms with Gasteiger partial charge in [0.25, 0.3) is 5.91 Å². The third-order valence-electron chi connectivity index (χ3n) is 6.33. The van der Waals surface area contributed by atoms with Crippen molar-refractivity contribution >= 4 is 32.7 Å². The maximum Gasteiger partial charge on any atom is 0.256 e. The van der Waals surface area contributed by atoms with Gasteiger partial charge in [0.05, 0.1) is 54.5 Å². The molecule has 2 aliphatic rings. The van der Waals surface area contributed by atoms with E-state index in [9.17, 15) is 13.2 Å². The van der Waals surface area contributed by atoms with E-state index in [1.807, 2.05) is 24.3 Å². The summed E-state index contributed by atoms with van der Waals surface area (Å²) in [4.78, 5) is 25.2. The summed E-state index contributed by atoms with van der Waals surface area (Å²) in [6.45, 7) is 3.93. The average Bonchev–Trinajstić information content (AvgIpc) is 3.31. The number of para-hydroxylation sites is 2. The lowest BCUT2D eigenvalue weighted by molar-refractivity contribution is 0.0730. The van der Waals surface area contributed by atoms with E-state index in [-0.39, 0.29) is 17.3 Å². The van der Waals surface area contributed by atoms with E-state index in [1.165, 1.54) is 10.4 Å². The molecule has 0 atom stereocenters. The summed E-state index contributed by atoms with van der Waals surface area (Å²) in [7, 11) is -2.05. The number of sulfonamides is 1. The van der Waals surface area contributed by atoms with Gasteiger partial charge in [-0.05, 0) is 30.3 Å². The Hall–Kier alpha value is -2.99. The van der Waals surface area contributed by atoms with E-state index in [2.05, 4.69) is 14.9 Å². The molecule has 186 valence electrons. The number of H-pyrrole nitrogens is 1. The molecule has 35 heavy (non-hydrogen) atoms. The van der Waals surface area contributed by atoms with Gasteiger partial charge in [-0.2, -0.15) is 4.31 Å². The highest BCUT2D eigenvalue weighted by atomic mass is 32.2. The number of morpholine rings is 2. The topological polar surface area (TPSA) is 108 Å². The van der Waals surface area contributed by atoms with Crippen LogP contribution in [0.1, 0.15) is 16.2 Å². The minimum atomic E-state index is -3.75. The van der Waals surface area contributed by atoms with Crippen LogP contribution in [0.25, 0.3) is 11.0 Å². The van der Waals surface area contributed by atoms with Gasteiger partial charge in [0.1, 0.15) is 5.82 Å². The molecule has 11 heteroatoms. The SMILES string of the molecule is CN(Cc1nc2ccccc2[nH]1)C(=O)c1cc(S(=O)(=O)N2CCOCC2)ccc1N1CCOCC1. The second-order valence-electron chi connectivity index (χ2n) is 8.66. The first-order valence-corrected chi connectivity index (χ1v) is 13.1. The van der Waals surface area contributed by atoms with Crippen molar-refractivity contribution in [2.24, 2.45) is 0 Å². The molecule has 0 bridgehead atoms. The van der Waals surface area contributed by atoms with E-state index >= 15 is 0 Å². The highest BCUT2D eigenvalue weighted by Crippen LogP contribution is 2.28. The number of rotatable bonds is 6. The van der Waals surface area contributed by atoms with Crippen LogP contribution in [0.4, 0.5) is 5.69 Å². The van der Waals surface area contributed by atoms with Crippen LogP contribution in [0.2, 0.25) is 0 Å². The quantitative estimate of drug-likeness (QED) is 0.550. The number of carbonyl (C=O) groups excluding carboxylic acids is 1. The van der Waals surface area contributed by atoms with Gasteiger partial charge >= 0.3 is 0 Å². The normalized spacial score (nSPS) is 17.6. The van der Waals surface area contributed by atoms with Crippen LogP contribution < -0.4 is 4.90 Å². The van der Waals surface area contributed by atoms with Crippen molar-refractivity contribution in [1.82, 2.24) is 19.2 Å². The second-order valence-corrected chi connectivity index (χ2v) is 10.6. The molecule has 0 saturated carbocycles. The molecule has 3 heterocycles.